The number of amides is 1. The van der Waals surface area contributed by atoms with E-state index in [0.29, 0.717) is 11.6 Å². The molecule has 1 aliphatic carbocycles. The van der Waals surface area contributed by atoms with Gasteiger partial charge in [-0.1, -0.05) is 30.3 Å². The van der Waals surface area contributed by atoms with E-state index in [2.05, 4.69) is 16.3 Å². The Kier molecular flexibility index (Phi) is 4.15. The summed E-state index contributed by atoms with van der Waals surface area (Å²) in [5.74, 6) is 1.81. The zero-order valence-corrected chi connectivity index (χ0v) is 15.9. The smallest absolute Gasteiger partial charge is 0.252 e. The van der Waals surface area contributed by atoms with Crippen molar-refractivity contribution in [2.45, 2.75) is 31.8 Å². The number of fused-ring (bicyclic) bond motifs is 2. The Hall–Kier alpha value is -3.08. The van der Waals surface area contributed by atoms with Crippen LogP contribution in [-0.2, 0) is 13.0 Å². The van der Waals surface area contributed by atoms with Crippen LogP contribution in [0.2, 0.25) is 0 Å². The first kappa shape index (κ1) is 17.0. The minimum absolute atomic E-state index is 0.00132. The van der Waals surface area contributed by atoms with Gasteiger partial charge >= 0.3 is 0 Å². The van der Waals surface area contributed by atoms with Crippen LogP contribution >= 0.6 is 0 Å². The maximum absolute atomic E-state index is 12.9. The first-order valence-electron chi connectivity index (χ1n) is 9.83. The highest BCUT2D eigenvalue weighted by atomic mass is 16.5. The summed E-state index contributed by atoms with van der Waals surface area (Å²) < 4.78 is 5.52. The fraction of sp³-hybridized carbons (Fsp3) is 0.304. The summed E-state index contributed by atoms with van der Waals surface area (Å²) in [5, 5.41) is 4.03. The molecule has 5 rings (SSSR count). The third-order valence-electron chi connectivity index (χ3n) is 5.63. The quantitative estimate of drug-likeness (QED) is 0.758. The van der Waals surface area contributed by atoms with Crippen molar-refractivity contribution < 1.29 is 9.53 Å². The largest absolute Gasteiger partial charge is 0.496 e. The third kappa shape index (κ3) is 3.07. The number of pyridine rings is 1. The molecule has 0 spiro atoms. The minimum atomic E-state index is 0.00132. The first-order chi connectivity index (χ1) is 13.7. The van der Waals surface area contributed by atoms with E-state index in [4.69, 9.17) is 9.72 Å². The number of para-hydroxylation sites is 1. The SMILES string of the molecule is COc1cccc2c1CCN(c1cc(C(=O)NC3CC3)c3ccccc3n1)C2. The van der Waals surface area contributed by atoms with Crippen molar-refractivity contribution in [1.82, 2.24) is 10.3 Å². The molecule has 1 aromatic heterocycles. The van der Waals surface area contributed by atoms with Crippen molar-refractivity contribution in [2.24, 2.45) is 0 Å². The molecular formula is C23H23N3O2. The number of carbonyl (C=O) groups is 1. The molecule has 1 aliphatic heterocycles. The van der Waals surface area contributed by atoms with Crippen molar-refractivity contribution in [3.05, 3.63) is 65.2 Å². The van der Waals surface area contributed by atoms with Gasteiger partial charge < -0.3 is 15.0 Å². The molecule has 2 heterocycles. The van der Waals surface area contributed by atoms with E-state index in [0.717, 1.165) is 54.8 Å². The van der Waals surface area contributed by atoms with Gasteiger partial charge in [0.1, 0.15) is 11.6 Å². The van der Waals surface area contributed by atoms with Crippen LogP contribution in [0.1, 0.15) is 34.3 Å². The molecule has 5 heteroatoms. The maximum Gasteiger partial charge on any atom is 0.252 e. The number of hydrogen-bond donors (Lipinski definition) is 1. The molecule has 0 bridgehead atoms. The Bertz CT molecular complexity index is 1060. The zero-order chi connectivity index (χ0) is 19.1. The van der Waals surface area contributed by atoms with Gasteiger partial charge in [-0.25, -0.2) is 4.98 Å². The predicted molar refractivity (Wildman–Crippen MR) is 110 cm³/mol. The molecular weight excluding hydrogens is 350 g/mol. The Labute approximate surface area is 164 Å². The molecule has 0 saturated heterocycles. The van der Waals surface area contributed by atoms with Gasteiger partial charge in [0.05, 0.1) is 18.2 Å². The second kappa shape index (κ2) is 6.82. The molecule has 0 unspecified atom stereocenters. The van der Waals surface area contributed by atoms with Crippen LogP contribution in [0.25, 0.3) is 10.9 Å². The summed E-state index contributed by atoms with van der Waals surface area (Å²) in [7, 11) is 1.72. The predicted octanol–water partition coefficient (Wildman–Crippen LogP) is 3.70. The number of methoxy groups -OCH3 is 1. The van der Waals surface area contributed by atoms with E-state index in [-0.39, 0.29) is 5.91 Å². The van der Waals surface area contributed by atoms with Gasteiger partial charge in [0.15, 0.2) is 0 Å². The zero-order valence-electron chi connectivity index (χ0n) is 15.9. The Morgan fingerprint density at radius 2 is 2.04 bits per heavy atom. The lowest BCUT2D eigenvalue weighted by atomic mass is 9.98. The van der Waals surface area contributed by atoms with E-state index in [1.165, 1.54) is 11.1 Å². The average Bonchev–Trinajstić information content (AvgIpc) is 3.56. The number of hydrogen-bond acceptors (Lipinski definition) is 4. The Morgan fingerprint density at radius 3 is 2.86 bits per heavy atom. The fourth-order valence-corrected chi connectivity index (χ4v) is 3.96. The van der Waals surface area contributed by atoms with Crippen LogP contribution in [0.4, 0.5) is 5.82 Å². The number of ether oxygens (including phenoxy) is 1. The number of benzene rings is 2. The molecule has 1 fully saturated rings. The first-order valence-corrected chi connectivity index (χ1v) is 9.83. The van der Waals surface area contributed by atoms with Crippen LogP contribution in [-0.4, -0.2) is 30.6 Å². The van der Waals surface area contributed by atoms with Crippen LogP contribution in [0.15, 0.2) is 48.5 Å². The van der Waals surface area contributed by atoms with Gasteiger partial charge in [-0.3, -0.25) is 4.79 Å². The van der Waals surface area contributed by atoms with E-state index in [1.807, 2.05) is 42.5 Å². The summed E-state index contributed by atoms with van der Waals surface area (Å²) in [4.78, 5) is 20.0. The minimum Gasteiger partial charge on any atom is -0.496 e. The van der Waals surface area contributed by atoms with E-state index < -0.39 is 0 Å². The Morgan fingerprint density at radius 1 is 1.18 bits per heavy atom. The molecule has 0 radical (unpaired) electrons. The molecule has 1 saturated carbocycles. The second-order valence-electron chi connectivity index (χ2n) is 7.56. The highest BCUT2D eigenvalue weighted by Crippen LogP contribution is 2.31. The van der Waals surface area contributed by atoms with E-state index >= 15 is 0 Å². The summed E-state index contributed by atoms with van der Waals surface area (Å²) in [5.41, 5.74) is 4.10. The van der Waals surface area contributed by atoms with E-state index in [9.17, 15) is 4.79 Å². The highest BCUT2D eigenvalue weighted by Gasteiger charge is 2.26. The van der Waals surface area contributed by atoms with Gasteiger partial charge in [-0.15, -0.1) is 0 Å². The van der Waals surface area contributed by atoms with Gasteiger partial charge in [0.25, 0.3) is 5.91 Å². The number of anilines is 1. The van der Waals surface area contributed by atoms with Crippen molar-refractivity contribution >= 4 is 22.6 Å². The van der Waals surface area contributed by atoms with Crippen LogP contribution in [0.3, 0.4) is 0 Å². The summed E-state index contributed by atoms with van der Waals surface area (Å²) >= 11 is 0. The van der Waals surface area contributed by atoms with Gasteiger partial charge in [-0.05, 0) is 43.0 Å². The van der Waals surface area contributed by atoms with Crippen molar-refractivity contribution in [3.63, 3.8) is 0 Å². The lowest BCUT2D eigenvalue weighted by molar-refractivity contribution is 0.0952. The number of nitrogens with zero attached hydrogens (tertiary/aromatic N) is 2. The molecule has 1 amide bonds. The van der Waals surface area contributed by atoms with E-state index in [1.54, 1.807) is 7.11 Å². The number of carbonyl (C=O) groups excluding carboxylic acids is 1. The standard InChI is InChI=1S/C23H23N3O2/c1-28-21-8-4-5-15-14-26(12-11-17(15)21)22-13-19(23(27)24-16-9-10-16)18-6-2-3-7-20(18)25-22/h2-8,13,16H,9-12,14H2,1H3,(H,24,27). The summed E-state index contributed by atoms with van der Waals surface area (Å²) in [6, 6.07) is 16.4. The van der Waals surface area contributed by atoms with Crippen molar-refractivity contribution in [3.8, 4) is 5.75 Å². The van der Waals surface area contributed by atoms with Gasteiger partial charge in [-0.2, -0.15) is 0 Å². The average molecular weight is 373 g/mol. The van der Waals surface area contributed by atoms with Gasteiger partial charge in [0.2, 0.25) is 0 Å². The molecule has 5 nitrogen and oxygen atoms in total. The summed E-state index contributed by atoms with van der Waals surface area (Å²) in [6.45, 7) is 1.62. The maximum atomic E-state index is 12.9. The normalized spacial score (nSPS) is 16.0. The molecule has 0 atom stereocenters. The van der Waals surface area contributed by atoms with Crippen LogP contribution in [0.5, 0.6) is 5.75 Å². The number of nitrogens with one attached hydrogen (secondary N) is 1. The van der Waals surface area contributed by atoms with Gasteiger partial charge in [0, 0.05) is 30.1 Å². The van der Waals surface area contributed by atoms with Crippen LogP contribution in [0, 0.1) is 0 Å². The second-order valence-corrected chi connectivity index (χ2v) is 7.56. The molecule has 3 aromatic rings. The fourth-order valence-electron chi connectivity index (χ4n) is 3.96. The van der Waals surface area contributed by atoms with Crippen molar-refractivity contribution in [2.75, 3.05) is 18.6 Å². The Balaban J connectivity index is 1.53. The monoisotopic (exact) mass is 373 g/mol. The van der Waals surface area contributed by atoms with Crippen LogP contribution < -0.4 is 15.0 Å². The topological polar surface area (TPSA) is 54.5 Å². The third-order valence-corrected chi connectivity index (χ3v) is 5.63. The lowest BCUT2D eigenvalue weighted by Gasteiger charge is -2.31. The number of aromatic nitrogens is 1. The lowest BCUT2D eigenvalue weighted by Crippen LogP contribution is -2.32. The summed E-state index contributed by atoms with van der Waals surface area (Å²) in [6.07, 6.45) is 3.05. The van der Waals surface area contributed by atoms with Crippen molar-refractivity contribution in [1.29, 1.82) is 0 Å². The molecule has 2 aromatic carbocycles. The molecule has 28 heavy (non-hydrogen) atoms. The molecule has 2 aliphatic rings. The number of rotatable bonds is 4. The highest BCUT2D eigenvalue weighted by molar-refractivity contribution is 6.07. The molecule has 1 N–H and O–H groups in total. The molecule has 142 valence electrons.